The summed E-state index contributed by atoms with van der Waals surface area (Å²) in [6, 6.07) is -1.99. The number of nitrogens with one attached hydrogen (secondary N) is 2. The molecule has 33 heavy (non-hydrogen) atoms. The van der Waals surface area contributed by atoms with Gasteiger partial charge in [-0.1, -0.05) is 25.4 Å². The van der Waals surface area contributed by atoms with Crippen LogP contribution in [0, 0.1) is 12.8 Å². The lowest BCUT2D eigenvalue weighted by atomic mass is 9.99. The van der Waals surface area contributed by atoms with Crippen LogP contribution in [0.4, 0.5) is 0 Å². The zero-order valence-electron chi connectivity index (χ0n) is 18.4. The van der Waals surface area contributed by atoms with Gasteiger partial charge < -0.3 is 19.9 Å². The number of carbonyl (C=O) groups excluding carboxylic acids is 2. The third-order valence-corrected chi connectivity index (χ3v) is 5.42. The molecule has 0 saturated carbocycles. The van der Waals surface area contributed by atoms with E-state index in [2.05, 4.69) is 20.3 Å². The molecule has 1 aliphatic rings. The topological polar surface area (TPSA) is 206 Å². The maximum absolute atomic E-state index is 12.1. The van der Waals surface area contributed by atoms with Gasteiger partial charge in [-0.05, 0) is 24.8 Å². The zero-order chi connectivity index (χ0) is 24.7. The van der Waals surface area contributed by atoms with E-state index in [1.807, 2.05) is 0 Å². The van der Waals surface area contributed by atoms with E-state index in [9.17, 15) is 29.1 Å². The molecule has 1 fully saturated rings. The molecule has 3 N–H and O–H groups in total. The van der Waals surface area contributed by atoms with Crippen LogP contribution in [0.5, 0.6) is 0 Å². The lowest BCUT2D eigenvalue weighted by molar-refractivity contribution is -0.159. The van der Waals surface area contributed by atoms with E-state index in [1.165, 1.54) is 17.7 Å². The summed E-state index contributed by atoms with van der Waals surface area (Å²) in [7, 11) is 0. The molecular formula is C19H26N6O8. The molecule has 0 bridgehead atoms. The molecule has 14 nitrogen and oxygen atoms in total. The second-order valence-electron chi connectivity index (χ2n) is 7.80. The highest BCUT2D eigenvalue weighted by Crippen LogP contribution is 2.25. The van der Waals surface area contributed by atoms with E-state index in [1.54, 1.807) is 13.8 Å². The number of hydrogen-bond donors (Lipinski definition) is 3. The van der Waals surface area contributed by atoms with Gasteiger partial charge in [0.25, 0.3) is 5.56 Å². The van der Waals surface area contributed by atoms with Crippen molar-refractivity contribution in [2.24, 2.45) is 11.0 Å². The Bertz CT molecular complexity index is 1060. The van der Waals surface area contributed by atoms with Gasteiger partial charge in [0, 0.05) is 16.7 Å². The summed E-state index contributed by atoms with van der Waals surface area (Å²) in [6.45, 7) is 4.53. The molecule has 2 heterocycles. The molecule has 14 heteroatoms. The molecule has 1 aromatic heterocycles. The number of carboxylic acids is 1. The van der Waals surface area contributed by atoms with Gasteiger partial charge >= 0.3 is 23.5 Å². The fourth-order valence-corrected chi connectivity index (χ4v) is 3.35. The van der Waals surface area contributed by atoms with Crippen molar-refractivity contribution in [3.63, 3.8) is 0 Å². The molecule has 0 aliphatic carbocycles. The predicted octanol–water partition coefficient (Wildman–Crippen LogP) is -0.160. The van der Waals surface area contributed by atoms with Gasteiger partial charge in [0.2, 0.25) is 0 Å². The molecule has 1 amide bonds. The second kappa shape index (κ2) is 11.3. The Morgan fingerprint density at radius 2 is 2.15 bits per heavy atom. The largest absolute Gasteiger partial charge is 0.480 e. The maximum atomic E-state index is 12.1. The van der Waals surface area contributed by atoms with Crippen molar-refractivity contribution in [3.05, 3.63) is 43.0 Å². The zero-order valence-corrected chi connectivity index (χ0v) is 18.4. The number of esters is 1. The molecule has 0 unspecified atom stereocenters. The first-order chi connectivity index (χ1) is 15.6. The van der Waals surface area contributed by atoms with Crippen LogP contribution in [0.1, 0.15) is 32.3 Å². The van der Waals surface area contributed by atoms with Crippen LogP contribution in [-0.4, -0.2) is 63.4 Å². The Labute approximate surface area is 187 Å². The molecule has 2 rings (SSSR count). The number of aliphatic carboxylic acids is 1. The summed E-state index contributed by atoms with van der Waals surface area (Å²) in [5.74, 6) is -4.20. The highest BCUT2D eigenvalue weighted by atomic mass is 16.6. The minimum atomic E-state index is -1.30. The van der Waals surface area contributed by atoms with Crippen LogP contribution >= 0.6 is 0 Å². The summed E-state index contributed by atoms with van der Waals surface area (Å²) in [4.78, 5) is 63.8. The van der Waals surface area contributed by atoms with Gasteiger partial charge in [-0.15, -0.1) is 0 Å². The smallest absolute Gasteiger partial charge is 0.396 e. The fraction of sp³-hybridized carbons (Fsp3) is 0.632. The summed E-state index contributed by atoms with van der Waals surface area (Å²) in [6.07, 6.45) is 0.573. The average molecular weight is 466 g/mol. The van der Waals surface area contributed by atoms with Crippen LogP contribution in [0.15, 0.2) is 20.9 Å². The minimum absolute atomic E-state index is 0.0496. The van der Waals surface area contributed by atoms with E-state index < -0.39 is 65.9 Å². The summed E-state index contributed by atoms with van der Waals surface area (Å²) in [5.41, 5.74) is 8.00. The first-order valence-corrected chi connectivity index (χ1v) is 10.3. The highest BCUT2D eigenvalue weighted by Gasteiger charge is 2.37. The summed E-state index contributed by atoms with van der Waals surface area (Å²) < 4.78 is 11.9. The standard InChI is InChI=1S/C19H26N6O8/c1-4-9(2)14(17(28)29)21-16(27)18(30)32-8-13-12(23-24-20)5-11(33-13)7-25-6-10(3)15(26)22-19(25)31/h6,9,11-14H,4-5,7-8H2,1-3H3,(H,21,27)(H,28,29)(H,22,26,31)/t9-,11+,12-,13+,14-/m0/s1. The number of amides is 1. The number of rotatable bonds is 9. The highest BCUT2D eigenvalue weighted by molar-refractivity contribution is 6.32. The van der Waals surface area contributed by atoms with Crippen LogP contribution in [0.2, 0.25) is 0 Å². The number of aromatic nitrogens is 2. The number of H-pyrrole nitrogens is 1. The van der Waals surface area contributed by atoms with E-state index in [0.717, 1.165) is 0 Å². The number of nitrogens with zero attached hydrogens (tertiary/aromatic N) is 4. The lowest BCUT2D eigenvalue weighted by Crippen LogP contribution is -2.48. The van der Waals surface area contributed by atoms with Crippen LogP contribution in [-0.2, 0) is 30.4 Å². The SMILES string of the molecule is CC[C@H](C)[C@H](NC(=O)C(=O)OC[C@H]1O[C@@H](Cn2cc(C)c(=O)[nH]c2=O)C[C@@H]1N=[N+]=[N-])C(=O)O. The number of aryl methyl sites for hydroxylation is 1. The van der Waals surface area contributed by atoms with Crippen LogP contribution < -0.4 is 16.6 Å². The number of ether oxygens (including phenoxy) is 2. The van der Waals surface area contributed by atoms with Crippen molar-refractivity contribution in [1.82, 2.24) is 14.9 Å². The number of carboxylic acid groups (broad SMARTS) is 1. The monoisotopic (exact) mass is 466 g/mol. The van der Waals surface area contributed by atoms with Crippen molar-refractivity contribution >= 4 is 17.8 Å². The predicted molar refractivity (Wildman–Crippen MR) is 112 cm³/mol. The Balaban J connectivity index is 2.00. The number of carbonyl (C=O) groups is 3. The molecular weight excluding hydrogens is 440 g/mol. The molecule has 1 aromatic rings. The van der Waals surface area contributed by atoms with E-state index in [-0.39, 0.29) is 13.0 Å². The van der Waals surface area contributed by atoms with Gasteiger partial charge in [0.05, 0.1) is 18.7 Å². The van der Waals surface area contributed by atoms with Crippen molar-refractivity contribution in [2.45, 2.75) is 64.4 Å². The first-order valence-electron chi connectivity index (χ1n) is 10.3. The molecule has 1 aliphatic heterocycles. The fourth-order valence-electron chi connectivity index (χ4n) is 3.35. The van der Waals surface area contributed by atoms with E-state index >= 15 is 0 Å². The number of azide groups is 1. The van der Waals surface area contributed by atoms with Crippen molar-refractivity contribution < 1.29 is 29.0 Å². The molecule has 180 valence electrons. The average Bonchev–Trinajstić information content (AvgIpc) is 3.14. The first kappa shape index (κ1) is 25.6. The third-order valence-electron chi connectivity index (χ3n) is 5.42. The number of aromatic amines is 1. The van der Waals surface area contributed by atoms with Crippen LogP contribution in [0.3, 0.4) is 0 Å². The maximum Gasteiger partial charge on any atom is 0.396 e. The van der Waals surface area contributed by atoms with Gasteiger partial charge in [0.1, 0.15) is 18.8 Å². The molecule has 0 spiro atoms. The molecule has 1 saturated heterocycles. The van der Waals surface area contributed by atoms with E-state index in [0.29, 0.717) is 12.0 Å². The second-order valence-corrected chi connectivity index (χ2v) is 7.80. The lowest BCUT2D eigenvalue weighted by Gasteiger charge is -2.20. The Kier molecular flexibility index (Phi) is 8.77. The summed E-state index contributed by atoms with van der Waals surface area (Å²) in [5, 5.41) is 15.0. The van der Waals surface area contributed by atoms with Gasteiger partial charge in [0.15, 0.2) is 0 Å². The Morgan fingerprint density at radius 3 is 2.76 bits per heavy atom. The van der Waals surface area contributed by atoms with Gasteiger partial charge in [-0.3, -0.25) is 19.1 Å². The quantitative estimate of drug-likeness (QED) is 0.146. The molecule has 0 radical (unpaired) electrons. The Morgan fingerprint density at radius 1 is 1.45 bits per heavy atom. The normalized spacial score (nSPS) is 21.5. The Hall–Kier alpha value is -3.64. The third kappa shape index (κ3) is 6.67. The van der Waals surface area contributed by atoms with Crippen molar-refractivity contribution in [2.75, 3.05) is 6.61 Å². The molecule has 5 atom stereocenters. The van der Waals surface area contributed by atoms with Crippen molar-refractivity contribution in [3.8, 4) is 0 Å². The number of hydrogen-bond acceptors (Lipinski definition) is 8. The van der Waals surface area contributed by atoms with Gasteiger partial charge in [-0.25, -0.2) is 14.4 Å². The van der Waals surface area contributed by atoms with Gasteiger partial charge in [-0.2, -0.15) is 0 Å². The summed E-state index contributed by atoms with van der Waals surface area (Å²) >= 11 is 0. The molecule has 0 aromatic carbocycles. The van der Waals surface area contributed by atoms with Crippen LogP contribution in [0.25, 0.3) is 10.4 Å². The van der Waals surface area contributed by atoms with E-state index in [4.69, 9.17) is 15.0 Å². The minimum Gasteiger partial charge on any atom is -0.480 e. The van der Waals surface area contributed by atoms with Crippen molar-refractivity contribution in [1.29, 1.82) is 0 Å².